The highest BCUT2D eigenvalue weighted by molar-refractivity contribution is 7.89. The number of nitrogens with zero attached hydrogens (tertiary/aromatic N) is 3. The molecule has 1 aliphatic rings. The summed E-state index contributed by atoms with van der Waals surface area (Å²) in [5, 5.41) is 18.5. The second-order valence-electron chi connectivity index (χ2n) is 7.89. The molecule has 1 aliphatic heterocycles. The monoisotopic (exact) mass is 379 g/mol. The van der Waals surface area contributed by atoms with Crippen molar-refractivity contribution in [1.82, 2.24) is 9.21 Å². The topological polar surface area (TPSA) is 102 Å². The first-order valence-electron chi connectivity index (χ1n) is 8.36. The molecule has 142 valence electrons. The summed E-state index contributed by atoms with van der Waals surface area (Å²) in [5.41, 5.74) is -0.428. The van der Waals surface area contributed by atoms with Crippen LogP contribution in [0, 0.1) is 23.7 Å². The summed E-state index contributed by atoms with van der Waals surface area (Å²) in [6, 6.07) is 6.47. The molecule has 1 amide bonds. The maximum Gasteiger partial charge on any atom is 0.407 e. The molecule has 0 radical (unpaired) electrons. The van der Waals surface area contributed by atoms with Crippen LogP contribution in [0.3, 0.4) is 0 Å². The van der Waals surface area contributed by atoms with Crippen molar-refractivity contribution in [3.8, 4) is 6.07 Å². The van der Waals surface area contributed by atoms with Crippen molar-refractivity contribution in [2.24, 2.45) is 5.41 Å². The Morgan fingerprint density at radius 3 is 2.38 bits per heavy atom. The second kappa shape index (κ2) is 6.56. The van der Waals surface area contributed by atoms with Crippen molar-refractivity contribution in [3.63, 3.8) is 0 Å². The Bertz CT molecular complexity index is 867. The molecule has 0 aliphatic carbocycles. The molecule has 2 rings (SSSR count). The highest BCUT2D eigenvalue weighted by Gasteiger charge is 2.50. The summed E-state index contributed by atoms with van der Waals surface area (Å²) in [5.74, 6) is 0. The van der Waals surface area contributed by atoms with Gasteiger partial charge in [-0.3, -0.25) is 4.90 Å². The number of rotatable bonds is 2. The summed E-state index contributed by atoms with van der Waals surface area (Å²) in [6.45, 7) is 9.45. The van der Waals surface area contributed by atoms with Crippen LogP contribution in [-0.2, 0) is 10.0 Å². The molecule has 8 heteroatoms. The lowest BCUT2D eigenvalue weighted by atomic mass is 9.73. The molecule has 1 fully saturated rings. The number of carboxylic acid groups (broad SMARTS) is 1. The van der Waals surface area contributed by atoms with Crippen molar-refractivity contribution in [2.75, 3.05) is 19.6 Å². The van der Waals surface area contributed by atoms with E-state index in [-0.39, 0.29) is 24.5 Å². The fraction of sp³-hybridized carbons (Fsp3) is 0.556. The molecule has 1 atom stereocenters. The van der Waals surface area contributed by atoms with E-state index in [9.17, 15) is 18.3 Å². The summed E-state index contributed by atoms with van der Waals surface area (Å²) < 4.78 is 27.7. The summed E-state index contributed by atoms with van der Waals surface area (Å²) >= 11 is 0. The number of nitriles is 1. The van der Waals surface area contributed by atoms with Crippen molar-refractivity contribution in [1.29, 1.82) is 5.26 Å². The van der Waals surface area contributed by atoms with Crippen LogP contribution in [0.1, 0.15) is 38.8 Å². The zero-order valence-corrected chi connectivity index (χ0v) is 16.6. The molecule has 26 heavy (non-hydrogen) atoms. The van der Waals surface area contributed by atoms with Crippen LogP contribution >= 0.6 is 0 Å². The maximum absolute atomic E-state index is 13.2. The third kappa shape index (κ3) is 3.29. The largest absolute Gasteiger partial charge is 0.465 e. The minimum Gasteiger partial charge on any atom is -0.465 e. The highest BCUT2D eigenvalue weighted by Crippen LogP contribution is 2.39. The predicted octanol–water partition coefficient (Wildman–Crippen LogP) is 2.66. The van der Waals surface area contributed by atoms with E-state index in [1.807, 2.05) is 26.8 Å². The predicted molar refractivity (Wildman–Crippen MR) is 97.2 cm³/mol. The molecule has 0 bridgehead atoms. The molecule has 1 N–H and O–H groups in total. The lowest BCUT2D eigenvalue weighted by Crippen LogP contribution is -2.68. The van der Waals surface area contributed by atoms with Crippen molar-refractivity contribution in [2.45, 2.75) is 45.1 Å². The number of carbonyl (C=O) groups is 1. The first kappa shape index (κ1) is 20.2. The Labute approximate surface area is 154 Å². The van der Waals surface area contributed by atoms with Gasteiger partial charge < -0.3 is 5.11 Å². The van der Waals surface area contributed by atoms with Crippen LogP contribution in [0.4, 0.5) is 4.79 Å². The number of benzene rings is 1. The molecule has 1 aromatic carbocycles. The van der Waals surface area contributed by atoms with Gasteiger partial charge >= 0.3 is 6.09 Å². The Morgan fingerprint density at radius 1 is 1.31 bits per heavy atom. The average Bonchev–Trinajstić information content (AvgIpc) is 2.52. The number of aryl methyl sites for hydroxylation is 1. The first-order chi connectivity index (χ1) is 11.8. The van der Waals surface area contributed by atoms with E-state index in [0.717, 1.165) is 0 Å². The Morgan fingerprint density at radius 2 is 1.92 bits per heavy atom. The third-order valence-electron chi connectivity index (χ3n) is 5.42. The van der Waals surface area contributed by atoms with Gasteiger partial charge in [0.1, 0.15) is 0 Å². The highest BCUT2D eigenvalue weighted by atomic mass is 32.2. The Hall–Kier alpha value is -2.11. The molecule has 0 spiro atoms. The van der Waals surface area contributed by atoms with Crippen LogP contribution in [0.5, 0.6) is 0 Å². The van der Waals surface area contributed by atoms with E-state index in [2.05, 4.69) is 0 Å². The van der Waals surface area contributed by atoms with Gasteiger partial charge in [-0.25, -0.2) is 13.2 Å². The van der Waals surface area contributed by atoms with Crippen molar-refractivity contribution >= 4 is 16.1 Å². The number of amides is 1. The summed E-state index contributed by atoms with van der Waals surface area (Å²) in [6.07, 6.45) is -1.05. The van der Waals surface area contributed by atoms with E-state index in [1.165, 1.54) is 21.3 Å². The molecular formula is C18H25N3O4S. The van der Waals surface area contributed by atoms with E-state index in [4.69, 9.17) is 5.26 Å². The van der Waals surface area contributed by atoms with Crippen LogP contribution in [0.2, 0.25) is 0 Å². The van der Waals surface area contributed by atoms with Gasteiger partial charge in [0.15, 0.2) is 0 Å². The number of sulfonamides is 1. The van der Waals surface area contributed by atoms with Gasteiger partial charge in [0.2, 0.25) is 10.0 Å². The van der Waals surface area contributed by atoms with Crippen LogP contribution in [-0.4, -0.2) is 54.0 Å². The fourth-order valence-electron chi connectivity index (χ4n) is 3.27. The minimum absolute atomic E-state index is 0.0740. The summed E-state index contributed by atoms with van der Waals surface area (Å²) in [7, 11) is -3.79. The molecule has 0 saturated carbocycles. The Balaban J connectivity index is 2.46. The van der Waals surface area contributed by atoms with Crippen LogP contribution in [0.15, 0.2) is 23.1 Å². The zero-order valence-electron chi connectivity index (χ0n) is 15.8. The van der Waals surface area contributed by atoms with Gasteiger partial charge in [-0.15, -0.1) is 0 Å². The van der Waals surface area contributed by atoms with Gasteiger partial charge in [-0.1, -0.05) is 20.8 Å². The summed E-state index contributed by atoms with van der Waals surface area (Å²) in [4.78, 5) is 13.2. The van der Waals surface area contributed by atoms with Gasteiger partial charge in [0.25, 0.3) is 0 Å². The normalized spacial score (nSPS) is 22.1. The average molecular weight is 379 g/mol. The quantitative estimate of drug-likeness (QED) is 0.851. The molecule has 1 aromatic rings. The van der Waals surface area contributed by atoms with E-state index < -0.39 is 27.1 Å². The third-order valence-corrected chi connectivity index (χ3v) is 7.43. The number of hydrogen-bond donors (Lipinski definition) is 1. The maximum atomic E-state index is 13.2. The standard InChI is InChI=1S/C18H25N3O4S/c1-13-10-14(11-19)6-7-15(13)26(24,25)20-8-9-21(16(22)23)18(5,12-20)17(2,3)4/h6-7,10H,8-9,12H2,1-5H3,(H,22,23)/t18-/m0/s1. The number of hydrogen-bond acceptors (Lipinski definition) is 4. The molecule has 1 heterocycles. The molecule has 7 nitrogen and oxygen atoms in total. The lowest BCUT2D eigenvalue weighted by Gasteiger charge is -2.53. The molecule has 1 saturated heterocycles. The van der Waals surface area contributed by atoms with Gasteiger partial charge in [0, 0.05) is 19.6 Å². The van der Waals surface area contributed by atoms with Gasteiger partial charge in [-0.05, 0) is 43.0 Å². The van der Waals surface area contributed by atoms with Gasteiger partial charge in [-0.2, -0.15) is 9.57 Å². The van der Waals surface area contributed by atoms with Crippen LogP contribution < -0.4 is 0 Å². The fourth-order valence-corrected chi connectivity index (χ4v) is 4.99. The molecular weight excluding hydrogens is 354 g/mol. The number of piperazine rings is 1. The van der Waals surface area contributed by atoms with E-state index in [1.54, 1.807) is 19.9 Å². The van der Waals surface area contributed by atoms with E-state index >= 15 is 0 Å². The van der Waals surface area contributed by atoms with Crippen LogP contribution in [0.25, 0.3) is 0 Å². The van der Waals surface area contributed by atoms with E-state index in [0.29, 0.717) is 11.1 Å². The lowest BCUT2D eigenvalue weighted by molar-refractivity contribution is -0.0229. The SMILES string of the molecule is Cc1cc(C#N)ccc1S(=O)(=O)N1CCN(C(=O)O)[C@](C)(C(C)(C)C)C1. The zero-order chi connectivity index (χ0) is 19.9. The van der Waals surface area contributed by atoms with Crippen molar-refractivity contribution in [3.05, 3.63) is 29.3 Å². The first-order valence-corrected chi connectivity index (χ1v) is 9.80. The molecule has 0 unspecified atom stereocenters. The smallest absolute Gasteiger partial charge is 0.407 e. The molecule has 0 aromatic heterocycles. The second-order valence-corrected chi connectivity index (χ2v) is 9.80. The Kier molecular flexibility index (Phi) is 5.10. The minimum atomic E-state index is -3.79. The van der Waals surface area contributed by atoms with Gasteiger partial charge in [0.05, 0.1) is 22.1 Å². The van der Waals surface area contributed by atoms with Crippen molar-refractivity contribution < 1.29 is 18.3 Å².